The second-order valence-electron chi connectivity index (χ2n) is 8.51. The third kappa shape index (κ3) is 4.68. The highest BCUT2D eigenvalue weighted by Crippen LogP contribution is 2.29. The van der Waals surface area contributed by atoms with E-state index in [0.29, 0.717) is 28.3 Å². The van der Waals surface area contributed by atoms with Gasteiger partial charge in [-0.2, -0.15) is 0 Å². The van der Waals surface area contributed by atoms with Gasteiger partial charge in [0.25, 0.3) is 5.91 Å². The number of amides is 1. The first kappa shape index (κ1) is 22.5. The molecule has 0 aliphatic heterocycles. The van der Waals surface area contributed by atoms with Crippen LogP contribution in [0.1, 0.15) is 27.0 Å². The van der Waals surface area contributed by atoms with Crippen LogP contribution in [0.5, 0.6) is 0 Å². The van der Waals surface area contributed by atoms with Crippen molar-refractivity contribution in [2.45, 2.75) is 30.0 Å². The van der Waals surface area contributed by atoms with Crippen molar-refractivity contribution in [3.63, 3.8) is 0 Å². The zero-order valence-electron chi connectivity index (χ0n) is 18.6. The molecule has 0 saturated carbocycles. The summed E-state index contributed by atoms with van der Waals surface area (Å²) in [7, 11) is -3.52. The van der Waals surface area contributed by atoms with E-state index in [0.717, 1.165) is 22.3 Å². The van der Waals surface area contributed by atoms with Gasteiger partial charge in [0.2, 0.25) is 10.0 Å². The van der Waals surface area contributed by atoms with Crippen molar-refractivity contribution >= 4 is 33.0 Å². The van der Waals surface area contributed by atoms with Crippen LogP contribution in [-0.4, -0.2) is 20.4 Å². The molecule has 2 N–H and O–H groups in total. The van der Waals surface area contributed by atoms with E-state index in [1.54, 1.807) is 17.5 Å². The van der Waals surface area contributed by atoms with E-state index in [1.165, 1.54) is 16.9 Å². The van der Waals surface area contributed by atoms with Crippen LogP contribution in [0, 0.1) is 6.92 Å². The number of aryl methyl sites for hydroxylation is 1. The smallest absolute Gasteiger partial charge is 0.256 e. The van der Waals surface area contributed by atoms with Gasteiger partial charge in [-0.25, -0.2) is 13.1 Å². The largest absolute Gasteiger partial charge is 0.322 e. The molecule has 1 amide bonds. The van der Waals surface area contributed by atoms with Crippen LogP contribution in [0.25, 0.3) is 11.1 Å². The highest BCUT2D eigenvalue weighted by Gasteiger charge is 2.27. The molecule has 5 nitrogen and oxygen atoms in total. The van der Waals surface area contributed by atoms with Crippen molar-refractivity contribution in [1.82, 2.24) is 4.72 Å². The fraction of sp³-hybridized carbons (Fsp3) is 0.148. The average molecular weight is 489 g/mol. The van der Waals surface area contributed by atoms with Crippen molar-refractivity contribution in [3.8, 4) is 11.1 Å². The fourth-order valence-electron chi connectivity index (χ4n) is 4.34. The predicted molar refractivity (Wildman–Crippen MR) is 137 cm³/mol. The van der Waals surface area contributed by atoms with Gasteiger partial charge in [-0.3, -0.25) is 4.79 Å². The molecular weight excluding hydrogens is 464 g/mol. The van der Waals surface area contributed by atoms with Crippen molar-refractivity contribution in [3.05, 3.63) is 106 Å². The van der Waals surface area contributed by atoms with Gasteiger partial charge in [0.1, 0.15) is 4.21 Å². The Morgan fingerprint density at radius 1 is 0.912 bits per heavy atom. The number of rotatable bonds is 6. The molecule has 0 fully saturated rings. The number of hydrogen-bond donors (Lipinski definition) is 2. The van der Waals surface area contributed by atoms with E-state index in [9.17, 15) is 13.2 Å². The van der Waals surface area contributed by atoms with E-state index < -0.39 is 10.0 Å². The molecule has 1 atom stereocenters. The van der Waals surface area contributed by atoms with E-state index in [4.69, 9.17) is 0 Å². The number of sulfonamides is 1. The molecule has 1 heterocycles. The number of carbonyl (C=O) groups excluding carboxylic acids is 1. The van der Waals surface area contributed by atoms with Gasteiger partial charge >= 0.3 is 0 Å². The Morgan fingerprint density at radius 3 is 2.44 bits per heavy atom. The highest BCUT2D eigenvalue weighted by molar-refractivity contribution is 7.91. The molecule has 0 radical (unpaired) electrons. The predicted octanol–water partition coefficient (Wildman–Crippen LogP) is 5.42. The molecule has 0 spiro atoms. The van der Waals surface area contributed by atoms with Gasteiger partial charge in [0.15, 0.2) is 0 Å². The van der Waals surface area contributed by atoms with E-state index >= 15 is 0 Å². The SMILES string of the molecule is Cc1ccc(-c2ccccc2C(=O)Nc2ccc3c(c2)CC(NS(=O)(=O)c2cccs2)C3)cc1. The van der Waals surface area contributed by atoms with Crippen molar-refractivity contribution in [2.75, 3.05) is 5.32 Å². The first-order valence-corrected chi connectivity index (χ1v) is 13.4. The minimum atomic E-state index is -3.52. The Morgan fingerprint density at radius 2 is 1.68 bits per heavy atom. The summed E-state index contributed by atoms with van der Waals surface area (Å²) >= 11 is 1.21. The molecule has 5 rings (SSSR count). The summed E-state index contributed by atoms with van der Waals surface area (Å²) in [6.07, 6.45) is 1.22. The molecule has 0 saturated heterocycles. The molecule has 1 aromatic heterocycles. The lowest BCUT2D eigenvalue weighted by Crippen LogP contribution is -2.34. The normalized spacial score (nSPS) is 15.1. The lowest BCUT2D eigenvalue weighted by atomic mass is 9.98. The van der Waals surface area contributed by atoms with Gasteiger partial charge in [-0.05, 0) is 71.7 Å². The number of thiophene rings is 1. The monoisotopic (exact) mass is 488 g/mol. The Bertz CT molecular complexity index is 1440. The van der Waals surface area contributed by atoms with Crippen LogP contribution >= 0.6 is 11.3 Å². The van der Waals surface area contributed by atoms with E-state index in [-0.39, 0.29) is 11.9 Å². The molecule has 1 unspecified atom stereocenters. The minimum absolute atomic E-state index is 0.177. The first-order chi connectivity index (χ1) is 16.4. The summed E-state index contributed by atoms with van der Waals surface area (Å²) in [5.74, 6) is -0.177. The Kier molecular flexibility index (Phi) is 6.08. The number of nitrogens with one attached hydrogen (secondary N) is 2. The first-order valence-electron chi connectivity index (χ1n) is 11.0. The minimum Gasteiger partial charge on any atom is -0.322 e. The number of hydrogen-bond acceptors (Lipinski definition) is 4. The van der Waals surface area contributed by atoms with Gasteiger partial charge in [-0.15, -0.1) is 11.3 Å². The maximum absolute atomic E-state index is 13.2. The molecule has 1 aliphatic rings. The van der Waals surface area contributed by atoms with Gasteiger partial charge in [0.05, 0.1) is 0 Å². The summed E-state index contributed by atoms with van der Waals surface area (Å²) in [4.78, 5) is 13.2. The Labute approximate surface area is 203 Å². The lowest BCUT2D eigenvalue weighted by Gasteiger charge is -2.12. The van der Waals surface area contributed by atoms with Crippen LogP contribution in [0.15, 0.2) is 88.5 Å². The lowest BCUT2D eigenvalue weighted by molar-refractivity contribution is 0.102. The fourth-order valence-corrected chi connectivity index (χ4v) is 6.58. The standard InChI is InChI=1S/C27H24N2O3S2/c1-18-8-10-19(11-9-18)24-5-2-3-6-25(24)27(30)28-22-13-12-20-15-23(17-21(20)16-22)29-34(31,32)26-7-4-14-33-26/h2-14,16,23,29H,15,17H2,1H3,(H,28,30). The summed E-state index contributed by atoms with van der Waals surface area (Å²) in [6.45, 7) is 2.04. The topological polar surface area (TPSA) is 75.3 Å². The van der Waals surface area contributed by atoms with Crippen molar-refractivity contribution < 1.29 is 13.2 Å². The number of fused-ring (bicyclic) bond motifs is 1. The third-order valence-electron chi connectivity index (χ3n) is 6.01. The maximum Gasteiger partial charge on any atom is 0.256 e. The Hall–Kier alpha value is -3.26. The van der Waals surface area contributed by atoms with E-state index in [1.807, 2.05) is 73.7 Å². The second-order valence-corrected chi connectivity index (χ2v) is 11.4. The molecule has 4 aromatic rings. The number of carbonyl (C=O) groups is 1. The molecule has 172 valence electrons. The molecule has 0 bridgehead atoms. The quantitative estimate of drug-likeness (QED) is 0.380. The summed E-state index contributed by atoms with van der Waals surface area (Å²) < 4.78 is 28.3. The zero-order valence-corrected chi connectivity index (χ0v) is 20.2. The summed E-state index contributed by atoms with van der Waals surface area (Å²) in [6, 6.07) is 24.6. The molecule has 7 heteroatoms. The number of benzene rings is 3. The summed E-state index contributed by atoms with van der Waals surface area (Å²) in [5.41, 5.74) is 6.48. The van der Waals surface area contributed by atoms with Crippen molar-refractivity contribution in [2.24, 2.45) is 0 Å². The molecule has 3 aromatic carbocycles. The average Bonchev–Trinajstić information content (AvgIpc) is 3.49. The van der Waals surface area contributed by atoms with Crippen LogP contribution < -0.4 is 10.0 Å². The van der Waals surface area contributed by atoms with E-state index in [2.05, 4.69) is 10.0 Å². The Balaban J connectivity index is 1.31. The second kappa shape index (κ2) is 9.18. The molecular formula is C27H24N2O3S2. The number of anilines is 1. The van der Waals surface area contributed by atoms with Crippen molar-refractivity contribution in [1.29, 1.82) is 0 Å². The van der Waals surface area contributed by atoms with Gasteiger partial charge < -0.3 is 5.32 Å². The van der Waals surface area contributed by atoms with Gasteiger partial charge in [0, 0.05) is 17.3 Å². The van der Waals surface area contributed by atoms with Crippen LogP contribution in [-0.2, 0) is 22.9 Å². The van der Waals surface area contributed by atoms with Gasteiger partial charge in [-0.1, -0.05) is 60.2 Å². The molecule has 1 aliphatic carbocycles. The third-order valence-corrected chi connectivity index (χ3v) is 8.93. The van der Waals surface area contributed by atoms with Crippen LogP contribution in [0.3, 0.4) is 0 Å². The van der Waals surface area contributed by atoms with Crippen LogP contribution in [0.2, 0.25) is 0 Å². The highest BCUT2D eigenvalue weighted by atomic mass is 32.2. The zero-order chi connectivity index (χ0) is 23.7. The molecule has 34 heavy (non-hydrogen) atoms. The summed E-state index contributed by atoms with van der Waals surface area (Å²) in [5, 5.41) is 4.77. The maximum atomic E-state index is 13.2. The van der Waals surface area contributed by atoms with Crippen LogP contribution in [0.4, 0.5) is 5.69 Å².